The maximum absolute atomic E-state index is 12.0. The number of imidazole rings is 1. The minimum atomic E-state index is 0.0369. The molecule has 0 radical (unpaired) electrons. The summed E-state index contributed by atoms with van der Waals surface area (Å²) in [6.07, 6.45) is 5.46. The van der Waals surface area contributed by atoms with Gasteiger partial charge in [0.15, 0.2) is 0 Å². The number of hydrogen-bond donors (Lipinski definition) is 1. The van der Waals surface area contributed by atoms with E-state index in [-0.39, 0.29) is 11.3 Å². The number of likely N-dealkylation sites (tertiary alicyclic amines) is 1. The summed E-state index contributed by atoms with van der Waals surface area (Å²) < 4.78 is 7.85. The quantitative estimate of drug-likeness (QED) is 0.386. The van der Waals surface area contributed by atoms with Crippen LogP contribution in [-0.2, 0) is 16.6 Å². The van der Waals surface area contributed by atoms with E-state index >= 15 is 0 Å². The number of aryl methyl sites for hydroxylation is 1. The first kappa shape index (κ1) is 24.2. The van der Waals surface area contributed by atoms with Gasteiger partial charge in [-0.1, -0.05) is 24.8 Å². The van der Waals surface area contributed by atoms with Gasteiger partial charge in [0.25, 0.3) is 0 Å². The standard InChI is InChI=1S/C31H34N6O2/c1-4-26(38)37-18-31(19-37)15-22(16-31)30-33-28(21-6-8-23(9-7-21)36-11-13-39-14-12-36)29(35(30)3)27-20(2)5-10-25-24(27)17-32-34-25/h4-10,17,22H,1,11-16,18-19H2,2-3H3,(H,32,34). The van der Waals surface area contributed by atoms with Gasteiger partial charge in [0.05, 0.1) is 36.3 Å². The number of carbonyl (C=O) groups is 1. The average molecular weight is 523 g/mol. The number of nitrogens with zero attached hydrogens (tertiary/aromatic N) is 5. The lowest BCUT2D eigenvalue weighted by molar-refractivity contribution is -0.146. The summed E-state index contributed by atoms with van der Waals surface area (Å²) in [4.78, 5) is 21.6. The minimum Gasteiger partial charge on any atom is -0.378 e. The van der Waals surface area contributed by atoms with Crippen molar-refractivity contribution in [3.8, 4) is 22.5 Å². The predicted octanol–water partition coefficient (Wildman–Crippen LogP) is 4.67. The molecule has 2 saturated heterocycles. The van der Waals surface area contributed by atoms with Gasteiger partial charge in [-0.2, -0.15) is 5.10 Å². The Balaban J connectivity index is 1.27. The molecule has 0 unspecified atom stereocenters. The topological polar surface area (TPSA) is 79.3 Å². The van der Waals surface area contributed by atoms with E-state index in [4.69, 9.17) is 9.72 Å². The summed E-state index contributed by atoms with van der Waals surface area (Å²) >= 11 is 0. The number of carbonyl (C=O) groups excluding carboxylic acids is 1. The number of H-pyrrole nitrogens is 1. The van der Waals surface area contributed by atoms with Gasteiger partial charge < -0.3 is 19.1 Å². The van der Waals surface area contributed by atoms with Crippen LogP contribution in [0.1, 0.15) is 30.1 Å². The molecular weight excluding hydrogens is 488 g/mol. The smallest absolute Gasteiger partial charge is 0.245 e. The molecule has 1 amide bonds. The highest BCUT2D eigenvalue weighted by Crippen LogP contribution is 2.56. The zero-order valence-electron chi connectivity index (χ0n) is 22.6. The van der Waals surface area contributed by atoms with E-state index in [2.05, 4.69) is 76.6 Å². The van der Waals surface area contributed by atoms with Gasteiger partial charge >= 0.3 is 0 Å². The first-order valence-electron chi connectivity index (χ1n) is 13.8. The fourth-order valence-corrected chi connectivity index (χ4v) is 6.94. The van der Waals surface area contributed by atoms with Crippen molar-refractivity contribution >= 4 is 22.5 Å². The average Bonchev–Trinajstić information content (AvgIpc) is 3.52. The summed E-state index contributed by atoms with van der Waals surface area (Å²) in [5.41, 5.74) is 8.11. The second kappa shape index (κ2) is 9.09. The van der Waals surface area contributed by atoms with Crippen LogP contribution in [0.3, 0.4) is 0 Å². The Morgan fingerprint density at radius 2 is 1.87 bits per heavy atom. The lowest BCUT2D eigenvalue weighted by Crippen LogP contribution is -2.63. The van der Waals surface area contributed by atoms with E-state index in [0.717, 1.165) is 85.9 Å². The van der Waals surface area contributed by atoms with Crippen molar-refractivity contribution in [2.24, 2.45) is 12.5 Å². The van der Waals surface area contributed by atoms with Crippen molar-refractivity contribution in [3.63, 3.8) is 0 Å². The molecule has 1 spiro atoms. The van der Waals surface area contributed by atoms with E-state index in [1.54, 1.807) is 0 Å². The van der Waals surface area contributed by atoms with Crippen molar-refractivity contribution in [3.05, 3.63) is 66.6 Å². The van der Waals surface area contributed by atoms with Gasteiger partial charge in [-0.15, -0.1) is 0 Å². The molecule has 8 nitrogen and oxygen atoms in total. The lowest BCUT2D eigenvalue weighted by Gasteiger charge is -2.58. The summed E-state index contributed by atoms with van der Waals surface area (Å²) in [7, 11) is 2.15. The second-order valence-corrected chi connectivity index (χ2v) is 11.5. The SMILES string of the molecule is C=CC(=O)N1CC2(CC(c3nc(-c4ccc(N5CCOCC5)cc4)c(-c4c(C)ccc5[nH]ncc45)n3C)C2)C1. The molecule has 3 aliphatic rings. The molecule has 4 heterocycles. The third-order valence-electron chi connectivity index (χ3n) is 8.98. The van der Waals surface area contributed by atoms with Gasteiger partial charge in [-0.05, 0) is 49.6 Å². The zero-order chi connectivity index (χ0) is 26.7. The highest BCUT2D eigenvalue weighted by Gasteiger charge is 2.54. The Labute approximate surface area is 228 Å². The highest BCUT2D eigenvalue weighted by molar-refractivity contribution is 5.99. The Morgan fingerprint density at radius 1 is 1.13 bits per heavy atom. The summed E-state index contributed by atoms with van der Waals surface area (Å²) in [5.74, 6) is 1.53. The Hall–Kier alpha value is -3.91. The molecule has 2 aliphatic heterocycles. The van der Waals surface area contributed by atoms with Crippen LogP contribution in [0.5, 0.6) is 0 Å². The summed E-state index contributed by atoms with van der Waals surface area (Å²) in [6, 6.07) is 13.1. The fourth-order valence-electron chi connectivity index (χ4n) is 6.94. The molecule has 0 atom stereocenters. The number of rotatable bonds is 5. The second-order valence-electron chi connectivity index (χ2n) is 11.5. The van der Waals surface area contributed by atoms with E-state index < -0.39 is 0 Å². The molecule has 2 aromatic carbocycles. The van der Waals surface area contributed by atoms with E-state index in [1.807, 2.05) is 11.1 Å². The van der Waals surface area contributed by atoms with Crippen LogP contribution < -0.4 is 4.90 Å². The molecule has 2 aromatic heterocycles. The minimum absolute atomic E-state index is 0.0369. The summed E-state index contributed by atoms with van der Waals surface area (Å²) in [5, 5.41) is 8.60. The van der Waals surface area contributed by atoms with Gasteiger partial charge in [-0.25, -0.2) is 4.98 Å². The van der Waals surface area contributed by atoms with Crippen molar-refractivity contribution in [2.45, 2.75) is 25.7 Å². The van der Waals surface area contributed by atoms with E-state index in [0.29, 0.717) is 5.92 Å². The van der Waals surface area contributed by atoms with Crippen LogP contribution in [0, 0.1) is 12.3 Å². The van der Waals surface area contributed by atoms with Gasteiger partial charge in [0.2, 0.25) is 5.91 Å². The third-order valence-corrected chi connectivity index (χ3v) is 8.98. The normalized spacial score (nSPS) is 18.8. The number of hydrogen-bond acceptors (Lipinski definition) is 5. The first-order chi connectivity index (χ1) is 19.0. The zero-order valence-corrected chi connectivity index (χ0v) is 22.6. The van der Waals surface area contributed by atoms with Crippen molar-refractivity contribution < 1.29 is 9.53 Å². The lowest BCUT2D eigenvalue weighted by atomic mass is 9.57. The molecule has 3 fully saturated rings. The van der Waals surface area contributed by atoms with Crippen molar-refractivity contribution in [1.82, 2.24) is 24.6 Å². The van der Waals surface area contributed by atoms with Crippen molar-refractivity contribution in [1.29, 1.82) is 0 Å². The Morgan fingerprint density at radius 3 is 2.59 bits per heavy atom. The number of amides is 1. The van der Waals surface area contributed by atoms with Crippen LogP contribution in [0.2, 0.25) is 0 Å². The van der Waals surface area contributed by atoms with Crippen LogP contribution in [0.25, 0.3) is 33.4 Å². The number of aromatic nitrogens is 4. The molecule has 39 heavy (non-hydrogen) atoms. The molecule has 200 valence electrons. The molecule has 7 rings (SSSR count). The van der Waals surface area contributed by atoms with Gasteiger partial charge in [-0.3, -0.25) is 9.89 Å². The number of morpholine rings is 1. The number of ether oxygens (including phenoxy) is 1. The van der Waals surface area contributed by atoms with Gasteiger partial charge in [0.1, 0.15) is 5.82 Å². The van der Waals surface area contributed by atoms with Crippen molar-refractivity contribution in [2.75, 3.05) is 44.3 Å². The molecule has 0 bridgehead atoms. The predicted molar refractivity (Wildman–Crippen MR) is 153 cm³/mol. The highest BCUT2D eigenvalue weighted by atomic mass is 16.5. The molecular formula is C31H34N6O2. The number of anilines is 1. The van der Waals surface area contributed by atoms with Crippen LogP contribution in [-0.4, -0.2) is 69.9 Å². The Kier molecular flexibility index (Phi) is 5.63. The molecule has 8 heteroatoms. The number of benzene rings is 2. The largest absolute Gasteiger partial charge is 0.378 e. The van der Waals surface area contributed by atoms with Crippen LogP contribution in [0.15, 0.2) is 55.3 Å². The molecule has 1 N–H and O–H groups in total. The monoisotopic (exact) mass is 522 g/mol. The van der Waals surface area contributed by atoms with Crippen LogP contribution >= 0.6 is 0 Å². The first-order valence-corrected chi connectivity index (χ1v) is 13.8. The summed E-state index contributed by atoms with van der Waals surface area (Å²) in [6.45, 7) is 10.8. The van der Waals surface area contributed by atoms with E-state index in [9.17, 15) is 4.79 Å². The molecule has 4 aromatic rings. The van der Waals surface area contributed by atoms with E-state index in [1.165, 1.54) is 22.9 Å². The molecule has 1 aliphatic carbocycles. The number of nitrogens with one attached hydrogen (secondary N) is 1. The van der Waals surface area contributed by atoms with Crippen LogP contribution in [0.4, 0.5) is 5.69 Å². The molecule has 1 saturated carbocycles. The number of aromatic amines is 1. The maximum atomic E-state index is 12.0. The number of fused-ring (bicyclic) bond motifs is 1. The van der Waals surface area contributed by atoms with Gasteiger partial charge in [0, 0.05) is 66.8 Å². The Bertz CT molecular complexity index is 1560. The maximum Gasteiger partial charge on any atom is 0.245 e. The fraction of sp³-hybridized carbons (Fsp3) is 0.387. The third kappa shape index (κ3) is 3.88.